The van der Waals surface area contributed by atoms with Crippen molar-refractivity contribution in [3.8, 4) is 11.4 Å². The molecule has 1 fully saturated rings. The molecular weight excluding hydrogens is 564 g/mol. The van der Waals surface area contributed by atoms with Crippen molar-refractivity contribution in [2.75, 3.05) is 7.11 Å². The summed E-state index contributed by atoms with van der Waals surface area (Å²) in [5.41, 5.74) is -2.45. The van der Waals surface area contributed by atoms with Crippen LogP contribution < -0.4 is 21.3 Å². The normalized spacial score (nSPS) is 15.5. The maximum Gasteiger partial charge on any atom is 0.330 e. The zero-order valence-corrected chi connectivity index (χ0v) is 26.6. The van der Waals surface area contributed by atoms with Crippen molar-refractivity contribution in [1.82, 2.24) is 31.2 Å². The van der Waals surface area contributed by atoms with Crippen LogP contribution in [0.4, 0.5) is 0 Å². The number of rotatable bonds is 11. The summed E-state index contributed by atoms with van der Waals surface area (Å²) in [5, 5.41) is 11.2. The molecule has 2 aromatic rings. The van der Waals surface area contributed by atoms with Gasteiger partial charge in [0.2, 0.25) is 17.7 Å². The third-order valence-corrected chi connectivity index (χ3v) is 7.81. The summed E-state index contributed by atoms with van der Waals surface area (Å²) in [6.45, 7) is 9.70. The van der Waals surface area contributed by atoms with E-state index in [-0.39, 0.29) is 11.5 Å². The molecule has 3 rings (SSSR count). The molecule has 12 heteroatoms. The van der Waals surface area contributed by atoms with Gasteiger partial charge in [0.25, 0.3) is 5.91 Å². The molecule has 1 atom stereocenters. The lowest BCUT2D eigenvalue weighted by Crippen LogP contribution is -2.67. The van der Waals surface area contributed by atoms with Gasteiger partial charge in [-0.1, -0.05) is 39.2 Å². The fraction of sp³-hybridized carbons (Fsp3) is 0.531. The lowest BCUT2D eigenvalue weighted by molar-refractivity contribution is -0.150. The molecule has 0 unspecified atom stereocenters. The molecule has 2 aromatic heterocycles. The Kier molecular flexibility index (Phi) is 10.8. The van der Waals surface area contributed by atoms with E-state index in [1.54, 1.807) is 52.1 Å². The number of nitrogens with one attached hydrogen (secondary N) is 4. The number of methoxy groups -OCH3 is 1. The van der Waals surface area contributed by atoms with Gasteiger partial charge in [0, 0.05) is 12.4 Å². The third kappa shape index (κ3) is 8.18. The molecular formula is C32H44N6O6. The van der Waals surface area contributed by atoms with Gasteiger partial charge in [0.05, 0.1) is 24.1 Å². The van der Waals surface area contributed by atoms with Crippen LogP contribution in [0.1, 0.15) is 84.0 Å². The molecule has 238 valence electrons. The number of hydrogen-bond donors (Lipinski definition) is 4. The molecule has 0 radical (unpaired) electrons. The number of esters is 1. The Morgan fingerprint density at radius 1 is 0.864 bits per heavy atom. The minimum atomic E-state index is -1.39. The number of carbonyl (C=O) groups excluding carboxylic acids is 5. The van der Waals surface area contributed by atoms with Crippen LogP contribution in [0, 0.1) is 5.92 Å². The SMILES string of the molecule is COC(=O)C(C)(C)NC(=O)[C@@H](NC(=O)C1(NC(=O)C(C)(C)NC(=O)c2ccc(-c3ccccn3)nc2)CCCCC1)C(C)C. The van der Waals surface area contributed by atoms with Crippen molar-refractivity contribution < 1.29 is 28.7 Å². The van der Waals surface area contributed by atoms with Crippen molar-refractivity contribution in [2.45, 2.75) is 96.3 Å². The van der Waals surface area contributed by atoms with Crippen molar-refractivity contribution >= 4 is 29.6 Å². The molecule has 2 heterocycles. The van der Waals surface area contributed by atoms with Crippen LogP contribution in [0.5, 0.6) is 0 Å². The van der Waals surface area contributed by atoms with E-state index in [1.165, 1.54) is 27.2 Å². The predicted molar refractivity (Wildman–Crippen MR) is 164 cm³/mol. The van der Waals surface area contributed by atoms with Crippen LogP contribution in [0.25, 0.3) is 11.4 Å². The molecule has 1 aliphatic carbocycles. The van der Waals surface area contributed by atoms with Crippen LogP contribution in [0.15, 0.2) is 42.7 Å². The van der Waals surface area contributed by atoms with Gasteiger partial charge >= 0.3 is 5.97 Å². The first-order chi connectivity index (χ1) is 20.6. The first kappa shape index (κ1) is 34.1. The van der Waals surface area contributed by atoms with Gasteiger partial charge in [-0.25, -0.2) is 4.79 Å². The fourth-order valence-corrected chi connectivity index (χ4v) is 5.05. The molecule has 0 aromatic carbocycles. The lowest BCUT2D eigenvalue weighted by Gasteiger charge is -2.40. The summed E-state index contributed by atoms with van der Waals surface area (Å²) in [6.07, 6.45) is 6.10. The Balaban J connectivity index is 1.74. The molecule has 4 N–H and O–H groups in total. The van der Waals surface area contributed by atoms with Crippen LogP contribution in [-0.4, -0.2) is 69.3 Å². The summed E-state index contributed by atoms with van der Waals surface area (Å²) < 4.78 is 4.78. The van der Waals surface area contributed by atoms with Crippen LogP contribution in [-0.2, 0) is 23.9 Å². The maximum atomic E-state index is 13.9. The van der Waals surface area contributed by atoms with Gasteiger partial charge in [0.15, 0.2) is 0 Å². The highest BCUT2D eigenvalue weighted by molar-refractivity contribution is 6.01. The Bertz CT molecular complexity index is 1350. The third-order valence-electron chi connectivity index (χ3n) is 7.81. The molecule has 0 bridgehead atoms. The highest BCUT2D eigenvalue weighted by Crippen LogP contribution is 2.30. The monoisotopic (exact) mass is 608 g/mol. The second-order valence-electron chi connectivity index (χ2n) is 12.6. The van der Waals surface area contributed by atoms with Crippen LogP contribution in [0.3, 0.4) is 0 Å². The number of aromatic nitrogens is 2. The number of pyridine rings is 2. The number of ether oxygens (including phenoxy) is 1. The summed E-state index contributed by atoms with van der Waals surface area (Å²) in [6, 6.07) is 7.76. The van der Waals surface area contributed by atoms with E-state index in [2.05, 4.69) is 31.2 Å². The number of amides is 4. The van der Waals surface area contributed by atoms with E-state index in [4.69, 9.17) is 4.74 Å². The van der Waals surface area contributed by atoms with E-state index < -0.39 is 52.3 Å². The van der Waals surface area contributed by atoms with Gasteiger partial charge < -0.3 is 26.0 Å². The summed E-state index contributed by atoms with van der Waals surface area (Å²) >= 11 is 0. The minimum absolute atomic E-state index is 0.261. The van der Waals surface area contributed by atoms with E-state index in [1.807, 2.05) is 12.1 Å². The Morgan fingerprint density at radius 2 is 1.52 bits per heavy atom. The van der Waals surface area contributed by atoms with Crippen molar-refractivity contribution in [3.63, 3.8) is 0 Å². The quantitative estimate of drug-likeness (QED) is 0.282. The van der Waals surface area contributed by atoms with Gasteiger partial charge in [-0.05, 0) is 70.7 Å². The average molecular weight is 609 g/mol. The lowest BCUT2D eigenvalue weighted by atomic mass is 9.79. The number of hydrogen-bond acceptors (Lipinski definition) is 8. The molecule has 12 nitrogen and oxygen atoms in total. The highest BCUT2D eigenvalue weighted by atomic mass is 16.5. The summed E-state index contributed by atoms with van der Waals surface area (Å²) in [7, 11) is 1.23. The topological polar surface area (TPSA) is 168 Å². The van der Waals surface area contributed by atoms with Gasteiger partial charge in [-0.15, -0.1) is 0 Å². The molecule has 1 aliphatic rings. The van der Waals surface area contributed by atoms with Crippen molar-refractivity contribution in [2.24, 2.45) is 5.92 Å². The van der Waals surface area contributed by atoms with Crippen molar-refractivity contribution in [3.05, 3.63) is 48.3 Å². The van der Waals surface area contributed by atoms with Crippen molar-refractivity contribution in [1.29, 1.82) is 0 Å². The van der Waals surface area contributed by atoms with Crippen LogP contribution in [0.2, 0.25) is 0 Å². The Morgan fingerprint density at radius 3 is 2.07 bits per heavy atom. The molecule has 0 spiro atoms. The van der Waals surface area contributed by atoms with E-state index in [0.29, 0.717) is 37.1 Å². The molecule has 0 saturated heterocycles. The smallest absolute Gasteiger partial charge is 0.330 e. The zero-order valence-electron chi connectivity index (χ0n) is 26.6. The molecule has 4 amide bonds. The number of carbonyl (C=O) groups is 5. The molecule has 0 aliphatic heterocycles. The minimum Gasteiger partial charge on any atom is -0.467 e. The number of nitrogens with zero attached hydrogens (tertiary/aromatic N) is 2. The van der Waals surface area contributed by atoms with Gasteiger partial charge in [-0.3, -0.25) is 29.1 Å². The first-order valence-electron chi connectivity index (χ1n) is 14.9. The second-order valence-corrected chi connectivity index (χ2v) is 12.6. The maximum absolute atomic E-state index is 13.9. The van der Waals surface area contributed by atoms with Gasteiger partial charge in [0.1, 0.15) is 22.7 Å². The Labute approximate surface area is 258 Å². The largest absolute Gasteiger partial charge is 0.467 e. The highest BCUT2D eigenvalue weighted by Gasteiger charge is 2.46. The predicted octanol–water partition coefficient (Wildman–Crippen LogP) is 2.68. The summed E-state index contributed by atoms with van der Waals surface area (Å²) in [4.78, 5) is 74.5. The second kappa shape index (κ2) is 14.0. The molecule has 44 heavy (non-hydrogen) atoms. The van der Waals surface area contributed by atoms with E-state index in [9.17, 15) is 24.0 Å². The average Bonchev–Trinajstić information content (AvgIpc) is 2.99. The molecule has 1 saturated carbocycles. The standard InChI is InChI=1S/C32H44N6O6/c1-20(2)24(26(40)37-31(5,6)29(43)44-7)35-28(42)32(16-10-8-11-17-32)38-27(41)30(3,4)36-25(39)21-14-15-23(34-19-21)22-13-9-12-18-33-22/h9,12-15,18-20,24H,8,10-11,16-17H2,1-7H3,(H,35,42)(H,36,39)(H,37,40)(H,38,41)/t24-/m0/s1. The van der Waals surface area contributed by atoms with E-state index >= 15 is 0 Å². The van der Waals surface area contributed by atoms with Crippen LogP contribution >= 0.6 is 0 Å². The Hall–Kier alpha value is -4.35. The van der Waals surface area contributed by atoms with Gasteiger partial charge in [-0.2, -0.15) is 0 Å². The summed E-state index contributed by atoms with van der Waals surface area (Å²) in [5.74, 6) is -3.03. The fourth-order valence-electron chi connectivity index (χ4n) is 5.05. The van der Waals surface area contributed by atoms with E-state index in [0.717, 1.165) is 6.42 Å². The zero-order chi connectivity index (χ0) is 32.7. The first-order valence-corrected chi connectivity index (χ1v) is 14.9.